The Hall–Kier alpha value is -2.80. The predicted octanol–water partition coefficient (Wildman–Crippen LogP) is 4.46. The van der Waals surface area contributed by atoms with Gasteiger partial charge in [-0.2, -0.15) is 0 Å². The number of carbonyl (C=O) groups excluding carboxylic acids is 4. The van der Waals surface area contributed by atoms with Crippen molar-refractivity contribution in [1.29, 1.82) is 0 Å². The molecule has 0 saturated heterocycles. The van der Waals surface area contributed by atoms with Crippen LogP contribution >= 0.6 is 0 Å². The molecule has 8 atom stereocenters. The molecule has 7 nitrogen and oxygen atoms in total. The van der Waals surface area contributed by atoms with Crippen molar-refractivity contribution in [3.05, 3.63) is 47.5 Å². The highest BCUT2D eigenvalue weighted by atomic mass is 16.6. The third-order valence-corrected chi connectivity index (χ3v) is 10.5. The molecule has 204 valence electrons. The number of hydrogen-bond acceptors (Lipinski definition) is 7. The number of ketones is 2. The van der Waals surface area contributed by atoms with Crippen molar-refractivity contribution < 1.29 is 33.8 Å². The zero-order valence-electron chi connectivity index (χ0n) is 22.7. The molecule has 1 aromatic carbocycles. The van der Waals surface area contributed by atoms with Crippen LogP contribution in [-0.2, 0) is 23.9 Å². The maximum atomic E-state index is 13.9. The van der Waals surface area contributed by atoms with E-state index in [0.29, 0.717) is 31.2 Å². The van der Waals surface area contributed by atoms with E-state index in [0.717, 1.165) is 12.0 Å². The molecule has 3 saturated carbocycles. The number of benzene rings is 1. The summed E-state index contributed by atoms with van der Waals surface area (Å²) in [6.45, 7) is 7.08. The molecule has 0 aliphatic heterocycles. The van der Waals surface area contributed by atoms with Gasteiger partial charge < -0.3 is 14.6 Å². The van der Waals surface area contributed by atoms with Crippen LogP contribution in [0.3, 0.4) is 0 Å². The number of aliphatic hydroxyl groups is 1. The minimum absolute atomic E-state index is 0.0270. The Morgan fingerprint density at radius 3 is 2.50 bits per heavy atom. The van der Waals surface area contributed by atoms with Crippen LogP contribution in [0, 0.1) is 34.5 Å². The minimum atomic E-state index is -1.52. The van der Waals surface area contributed by atoms with Crippen LogP contribution in [0.5, 0.6) is 0 Å². The summed E-state index contributed by atoms with van der Waals surface area (Å²) in [5.74, 6) is -1.19. The molecule has 38 heavy (non-hydrogen) atoms. The first-order valence-electron chi connectivity index (χ1n) is 13.8. The van der Waals surface area contributed by atoms with Crippen LogP contribution in [0.1, 0.15) is 76.6 Å². The first kappa shape index (κ1) is 26.8. The van der Waals surface area contributed by atoms with E-state index >= 15 is 0 Å². The zero-order chi connectivity index (χ0) is 27.5. The number of rotatable bonds is 5. The summed E-state index contributed by atoms with van der Waals surface area (Å²) < 4.78 is 11.3. The highest BCUT2D eigenvalue weighted by Crippen LogP contribution is 2.69. The Balaban J connectivity index is 1.55. The molecule has 0 unspecified atom stereocenters. The highest BCUT2D eigenvalue weighted by molar-refractivity contribution is 5.97. The Bertz CT molecular complexity index is 1190. The Kier molecular flexibility index (Phi) is 6.65. The van der Waals surface area contributed by atoms with Gasteiger partial charge in [0.05, 0.1) is 11.7 Å². The summed E-state index contributed by atoms with van der Waals surface area (Å²) in [4.78, 5) is 51.1. The molecule has 4 aliphatic rings. The van der Waals surface area contributed by atoms with E-state index in [-0.39, 0.29) is 41.3 Å². The fourth-order valence-corrected chi connectivity index (χ4v) is 8.86. The van der Waals surface area contributed by atoms with E-state index < -0.39 is 41.4 Å². The number of esters is 2. The lowest BCUT2D eigenvalue weighted by atomic mass is 9.44. The molecule has 3 fully saturated rings. The Morgan fingerprint density at radius 2 is 1.82 bits per heavy atom. The van der Waals surface area contributed by atoms with Gasteiger partial charge in [-0.3, -0.25) is 14.4 Å². The molecule has 4 aliphatic carbocycles. The average molecular weight is 523 g/mol. The molecule has 0 aromatic heterocycles. The van der Waals surface area contributed by atoms with Crippen molar-refractivity contribution in [2.75, 3.05) is 6.61 Å². The summed E-state index contributed by atoms with van der Waals surface area (Å²) >= 11 is 0. The molecule has 0 heterocycles. The molecular weight excluding hydrogens is 484 g/mol. The number of Topliss-reactive ketones (excluding diaryl/α,β-unsaturated/α-hetero) is 1. The Labute approximate surface area is 224 Å². The third-order valence-electron chi connectivity index (χ3n) is 10.5. The van der Waals surface area contributed by atoms with Gasteiger partial charge in [-0.15, -0.1) is 0 Å². The third kappa shape index (κ3) is 3.96. The zero-order valence-corrected chi connectivity index (χ0v) is 22.7. The van der Waals surface area contributed by atoms with Crippen LogP contribution in [0.25, 0.3) is 0 Å². The number of aliphatic hydroxyl groups excluding tert-OH is 1. The monoisotopic (exact) mass is 522 g/mol. The van der Waals surface area contributed by atoms with E-state index in [1.807, 2.05) is 13.0 Å². The molecule has 1 N–H and O–H groups in total. The summed E-state index contributed by atoms with van der Waals surface area (Å²) in [5.41, 5.74) is -1.16. The molecule has 1 aromatic rings. The van der Waals surface area contributed by atoms with Crippen molar-refractivity contribution in [2.24, 2.45) is 34.5 Å². The molecule has 5 rings (SSSR count). The van der Waals surface area contributed by atoms with E-state index in [1.165, 1.54) is 6.92 Å². The number of allylic oxidation sites excluding steroid dienone is 1. The topological polar surface area (TPSA) is 107 Å². The quantitative estimate of drug-likeness (QED) is 0.569. The number of hydrogen-bond donors (Lipinski definition) is 1. The maximum Gasteiger partial charge on any atom is 0.339 e. The lowest BCUT2D eigenvalue weighted by molar-refractivity contribution is -0.187. The SMILES string of the molecule is CC(=O)OCC(=O)[C@@]1(OC(=O)c2ccccc2)CC[C@H]2[C@@H]3C[C@H](C)C4=CC(=O)CC[C@]4(C)[C@H]3[C@@H](O)C[C@@]21C. The fraction of sp³-hybridized carbons (Fsp3) is 0.613. The number of fused-ring (bicyclic) bond motifs is 5. The van der Waals surface area contributed by atoms with Crippen LogP contribution in [0.4, 0.5) is 0 Å². The predicted molar refractivity (Wildman–Crippen MR) is 139 cm³/mol. The standard InChI is InChI=1S/C31H38O7/c1-18-14-22-23-11-13-31(26(35)17-37-19(2)32,38-28(36)20-8-6-5-7-9-20)30(23,4)16-25(34)27(22)29(3)12-10-21(33)15-24(18)29/h5-9,15,18,22-23,25,27,34H,10-14,16-17H2,1-4H3/t18-,22-,23-,25-,27+,29-,30-,31-/m0/s1. The van der Waals surface area contributed by atoms with Gasteiger partial charge in [0, 0.05) is 18.8 Å². The highest BCUT2D eigenvalue weighted by Gasteiger charge is 2.71. The van der Waals surface area contributed by atoms with Gasteiger partial charge in [-0.1, -0.05) is 44.5 Å². The second kappa shape index (κ2) is 9.44. The van der Waals surface area contributed by atoms with Gasteiger partial charge in [-0.25, -0.2) is 4.79 Å². The van der Waals surface area contributed by atoms with E-state index in [1.54, 1.807) is 30.3 Å². The second-order valence-electron chi connectivity index (χ2n) is 12.4. The first-order chi connectivity index (χ1) is 17.9. The maximum absolute atomic E-state index is 13.9. The van der Waals surface area contributed by atoms with E-state index in [2.05, 4.69) is 13.8 Å². The van der Waals surface area contributed by atoms with Gasteiger partial charge in [-0.05, 0) is 79.4 Å². The lowest BCUT2D eigenvalue weighted by Gasteiger charge is -2.62. The molecule has 0 amide bonds. The van der Waals surface area contributed by atoms with Crippen molar-refractivity contribution in [3.8, 4) is 0 Å². The van der Waals surface area contributed by atoms with Crippen LogP contribution < -0.4 is 0 Å². The van der Waals surface area contributed by atoms with Crippen molar-refractivity contribution >= 4 is 23.5 Å². The van der Waals surface area contributed by atoms with Gasteiger partial charge in [0.2, 0.25) is 5.78 Å². The largest absolute Gasteiger partial charge is 0.458 e. The van der Waals surface area contributed by atoms with Crippen molar-refractivity contribution in [1.82, 2.24) is 0 Å². The van der Waals surface area contributed by atoms with Crippen LogP contribution in [0.2, 0.25) is 0 Å². The van der Waals surface area contributed by atoms with E-state index in [4.69, 9.17) is 9.47 Å². The van der Waals surface area contributed by atoms with Crippen LogP contribution in [-0.4, -0.2) is 46.9 Å². The van der Waals surface area contributed by atoms with Gasteiger partial charge >= 0.3 is 11.9 Å². The Morgan fingerprint density at radius 1 is 1.11 bits per heavy atom. The molecule has 0 radical (unpaired) electrons. The average Bonchev–Trinajstić information content (AvgIpc) is 3.16. The smallest absolute Gasteiger partial charge is 0.339 e. The molecule has 7 heteroatoms. The van der Waals surface area contributed by atoms with Crippen LogP contribution in [0.15, 0.2) is 42.0 Å². The number of ether oxygens (including phenoxy) is 2. The summed E-state index contributed by atoms with van der Waals surface area (Å²) in [5, 5.41) is 11.8. The second-order valence-corrected chi connectivity index (χ2v) is 12.4. The molecular formula is C31H38O7. The molecule has 0 spiro atoms. The van der Waals surface area contributed by atoms with Crippen molar-refractivity contribution in [3.63, 3.8) is 0 Å². The summed E-state index contributed by atoms with van der Waals surface area (Å²) in [7, 11) is 0. The van der Waals surface area contributed by atoms with Gasteiger partial charge in [0.15, 0.2) is 18.0 Å². The normalized spacial score (nSPS) is 39.8. The fourth-order valence-electron chi connectivity index (χ4n) is 8.86. The molecule has 0 bridgehead atoms. The summed E-state index contributed by atoms with van der Waals surface area (Å²) in [6.07, 6.45) is 4.34. The summed E-state index contributed by atoms with van der Waals surface area (Å²) in [6, 6.07) is 8.57. The first-order valence-corrected chi connectivity index (χ1v) is 13.8. The van der Waals surface area contributed by atoms with Crippen molar-refractivity contribution in [2.45, 2.75) is 77.9 Å². The van der Waals surface area contributed by atoms with E-state index in [9.17, 15) is 24.3 Å². The number of carbonyl (C=O) groups is 4. The lowest BCUT2D eigenvalue weighted by Crippen LogP contribution is -2.63. The minimum Gasteiger partial charge on any atom is -0.458 e. The van der Waals surface area contributed by atoms with Gasteiger partial charge in [0.25, 0.3) is 0 Å². The van der Waals surface area contributed by atoms with Gasteiger partial charge in [0.1, 0.15) is 0 Å².